The van der Waals surface area contributed by atoms with Crippen molar-refractivity contribution in [2.24, 2.45) is 0 Å². The zero-order valence-corrected chi connectivity index (χ0v) is 16.2. The van der Waals surface area contributed by atoms with Gasteiger partial charge in [0.2, 0.25) is 0 Å². The first-order valence-electron chi connectivity index (χ1n) is 10.4. The quantitative estimate of drug-likeness (QED) is 0.741. The van der Waals surface area contributed by atoms with Gasteiger partial charge in [0.05, 0.1) is 23.5 Å². The second-order valence-corrected chi connectivity index (χ2v) is 8.05. The zero-order chi connectivity index (χ0) is 19.8. The highest BCUT2D eigenvalue weighted by Gasteiger charge is 2.28. The molecule has 0 bridgehead atoms. The molecule has 0 radical (unpaired) electrons. The molecule has 29 heavy (non-hydrogen) atoms. The van der Waals surface area contributed by atoms with E-state index in [4.69, 9.17) is 9.84 Å². The van der Waals surface area contributed by atoms with E-state index in [1.807, 2.05) is 0 Å². The van der Waals surface area contributed by atoms with E-state index >= 15 is 0 Å². The Morgan fingerprint density at radius 3 is 2.93 bits per heavy atom. The summed E-state index contributed by atoms with van der Waals surface area (Å²) in [6.45, 7) is -0.0167. The van der Waals surface area contributed by atoms with Crippen molar-refractivity contribution in [3.05, 3.63) is 35.7 Å². The number of benzene rings is 1. The molecule has 152 valence electrons. The fourth-order valence-electron chi connectivity index (χ4n) is 4.54. The van der Waals surface area contributed by atoms with Crippen molar-refractivity contribution in [1.82, 2.24) is 15.1 Å². The van der Waals surface area contributed by atoms with Crippen molar-refractivity contribution in [3.8, 4) is 5.75 Å². The van der Waals surface area contributed by atoms with Gasteiger partial charge in [0.25, 0.3) is 5.91 Å². The number of anilines is 2. The number of urea groups is 1. The molecule has 3 aliphatic rings. The van der Waals surface area contributed by atoms with Gasteiger partial charge >= 0.3 is 6.03 Å². The molecule has 2 aromatic rings. The van der Waals surface area contributed by atoms with Crippen LogP contribution in [0.4, 0.5) is 16.2 Å². The number of amides is 3. The van der Waals surface area contributed by atoms with Gasteiger partial charge in [0.15, 0.2) is 6.61 Å². The Morgan fingerprint density at radius 2 is 2.07 bits per heavy atom. The Hall–Kier alpha value is -3.03. The van der Waals surface area contributed by atoms with Gasteiger partial charge in [0.1, 0.15) is 5.75 Å². The Morgan fingerprint density at radius 1 is 1.21 bits per heavy atom. The van der Waals surface area contributed by atoms with Gasteiger partial charge in [-0.3, -0.25) is 9.48 Å². The minimum atomic E-state index is -0.266. The fourth-order valence-corrected chi connectivity index (χ4v) is 4.54. The summed E-state index contributed by atoms with van der Waals surface area (Å²) in [5, 5.41) is 13.5. The fraction of sp³-hybridized carbons (Fsp3) is 0.476. The summed E-state index contributed by atoms with van der Waals surface area (Å²) in [4.78, 5) is 24.0. The normalized spacial score (nSPS) is 21.0. The van der Waals surface area contributed by atoms with E-state index in [-0.39, 0.29) is 24.6 Å². The Labute approximate surface area is 169 Å². The van der Waals surface area contributed by atoms with Crippen LogP contribution >= 0.6 is 0 Å². The van der Waals surface area contributed by atoms with Crippen molar-refractivity contribution in [3.63, 3.8) is 0 Å². The van der Waals surface area contributed by atoms with Crippen LogP contribution in [-0.2, 0) is 11.2 Å². The Balaban J connectivity index is 1.26. The number of hydrogen-bond donors (Lipinski definition) is 3. The first-order chi connectivity index (χ1) is 14.2. The second-order valence-electron chi connectivity index (χ2n) is 8.05. The number of carbonyl (C=O) groups is 2. The molecule has 2 heterocycles. The summed E-state index contributed by atoms with van der Waals surface area (Å²) < 4.78 is 7.54. The third kappa shape index (κ3) is 3.66. The summed E-state index contributed by atoms with van der Waals surface area (Å²) in [5.74, 6) is 0.374. The zero-order valence-electron chi connectivity index (χ0n) is 16.2. The molecule has 1 fully saturated rings. The van der Waals surface area contributed by atoms with Crippen LogP contribution in [0.3, 0.4) is 0 Å². The highest BCUT2D eigenvalue weighted by molar-refractivity contribution is 5.96. The van der Waals surface area contributed by atoms with Crippen LogP contribution in [0.15, 0.2) is 24.4 Å². The van der Waals surface area contributed by atoms with E-state index in [0.717, 1.165) is 25.0 Å². The highest BCUT2D eigenvalue weighted by Crippen LogP contribution is 2.34. The van der Waals surface area contributed by atoms with Crippen molar-refractivity contribution < 1.29 is 14.3 Å². The first kappa shape index (κ1) is 18.0. The lowest BCUT2D eigenvalue weighted by Crippen LogP contribution is -2.34. The number of nitrogens with zero attached hydrogens (tertiary/aromatic N) is 2. The van der Waals surface area contributed by atoms with Crippen LogP contribution in [0, 0.1) is 0 Å². The van der Waals surface area contributed by atoms with Crippen molar-refractivity contribution >= 4 is 23.3 Å². The van der Waals surface area contributed by atoms with Gasteiger partial charge in [-0.2, -0.15) is 5.10 Å². The molecule has 1 aliphatic heterocycles. The molecule has 1 aromatic heterocycles. The maximum Gasteiger partial charge on any atom is 0.319 e. The third-order valence-corrected chi connectivity index (χ3v) is 5.99. The van der Waals surface area contributed by atoms with E-state index in [9.17, 15) is 9.59 Å². The first-order valence-corrected chi connectivity index (χ1v) is 10.4. The average Bonchev–Trinajstić information content (AvgIpc) is 3.38. The van der Waals surface area contributed by atoms with Gasteiger partial charge in [-0.15, -0.1) is 0 Å². The average molecular weight is 395 g/mol. The summed E-state index contributed by atoms with van der Waals surface area (Å²) >= 11 is 0. The minimum Gasteiger partial charge on any atom is -0.482 e. The van der Waals surface area contributed by atoms with Gasteiger partial charge in [0, 0.05) is 18.0 Å². The number of aryl methyl sites for hydroxylation is 1. The van der Waals surface area contributed by atoms with Crippen LogP contribution in [0.1, 0.15) is 61.9 Å². The van der Waals surface area contributed by atoms with E-state index < -0.39 is 0 Å². The lowest BCUT2D eigenvalue weighted by Gasteiger charge is -2.23. The van der Waals surface area contributed by atoms with Gasteiger partial charge in [-0.05, 0) is 49.8 Å². The van der Waals surface area contributed by atoms with E-state index in [1.165, 1.54) is 31.2 Å². The summed E-state index contributed by atoms with van der Waals surface area (Å²) in [5.41, 5.74) is 3.49. The predicted molar refractivity (Wildman–Crippen MR) is 108 cm³/mol. The smallest absolute Gasteiger partial charge is 0.319 e. The number of nitrogens with one attached hydrogen (secondary N) is 3. The molecule has 2 aliphatic carbocycles. The number of fused-ring (bicyclic) bond motifs is 2. The van der Waals surface area contributed by atoms with E-state index in [1.54, 1.807) is 18.2 Å². The highest BCUT2D eigenvalue weighted by atomic mass is 16.5. The number of aromatic nitrogens is 2. The molecule has 1 aromatic carbocycles. The monoisotopic (exact) mass is 395 g/mol. The summed E-state index contributed by atoms with van der Waals surface area (Å²) in [7, 11) is 0. The third-order valence-electron chi connectivity index (χ3n) is 5.99. The lowest BCUT2D eigenvalue weighted by atomic mass is 9.94. The number of rotatable bonds is 3. The van der Waals surface area contributed by atoms with E-state index in [0.29, 0.717) is 23.2 Å². The maximum absolute atomic E-state index is 12.6. The van der Waals surface area contributed by atoms with Crippen molar-refractivity contribution in [2.45, 2.75) is 57.0 Å². The molecule has 8 heteroatoms. The molecule has 3 N–H and O–H groups in total. The second kappa shape index (κ2) is 7.42. The van der Waals surface area contributed by atoms with Crippen LogP contribution in [0.2, 0.25) is 0 Å². The van der Waals surface area contributed by atoms with Crippen molar-refractivity contribution in [1.29, 1.82) is 0 Å². The SMILES string of the molecule is O=C1COc2cc(NC(=O)N[C@@H]3CCCc4cn(C5CCCC5)nc43)ccc2N1. The maximum atomic E-state index is 12.6. The number of carbonyl (C=O) groups excluding carboxylic acids is 2. The molecule has 8 nitrogen and oxygen atoms in total. The van der Waals surface area contributed by atoms with Crippen LogP contribution in [-0.4, -0.2) is 28.3 Å². The van der Waals surface area contributed by atoms with Gasteiger partial charge < -0.3 is 20.7 Å². The standard InChI is InChI=1S/C21H25N5O3/c27-19-12-29-18-10-14(8-9-16(18)23-19)22-21(28)24-17-7-3-4-13-11-26(25-20(13)17)15-5-1-2-6-15/h8-11,15,17H,1-7,12H2,(H,23,27)(H2,22,24,28)/t17-/m1/s1. The van der Waals surface area contributed by atoms with E-state index in [2.05, 4.69) is 26.8 Å². The summed E-state index contributed by atoms with van der Waals surface area (Å²) in [6.07, 6.45) is 10.1. The molecule has 0 unspecified atom stereocenters. The lowest BCUT2D eigenvalue weighted by molar-refractivity contribution is -0.118. The Kier molecular flexibility index (Phi) is 4.61. The predicted octanol–water partition coefficient (Wildman–Crippen LogP) is 3.53. The molecular formula is C21H25N5O3. The molecule has 0 saturated heterocycles. The van der Waals surface area contributed by atoms with Crippen molar-refractivity contribution in [2.75, 3.05) is 17.2 Å². The molecular weight excluding hydrogens is 370 g/mol. The van der Waals surface area contributed by atoms with Gasteiger partial charge in [-0.25, -0.2) is 4.79 Å². The summed E-state index contributed by atoms with van der Waals surface area (Å²) in [6, 6.07) is 5.35. The molecule has 5 rings (SSSR count). The molecule has 0 spiro atoms. The topological polar surface area (TPSA) is 97.3 Å². The Bertz CT molecular complexity index is 948. The van der Waals surface area contributed by atoms with Crippen LogP contribution in [0.25, 0.3) is 0 Å². The molecule has 1 atom stereocenters. The van der Waals surface area contributed by atoms with Crippen LogP contribution < -0.4 is 20.7 Å². The van der Waals surface area contributed by atoms with Gasteiger partial charge in [-0.1, -0.05) is 12.8 Å². The number of ether oxygens (including phenoxy) is 1. The minimum absolute atomic E-state index is 0.0167. The molecule has 3 amide bonds. The largest absolute Gasteiger partial charge is 0.482 e. The number of hydrogen-bond acceptors (Lipinski definition) is 4. The van der Waals surface area contributed by atoms with Crippen LogP contribution in [0.5, 0.6) is 5.75 Å². The molecule has 1 saturated carbocycles.